The summed E-state index contributed by atoms with van der Waals surface area (Å²) in [5.74, 6) is 0.779. The van der Waals surface area contributed by atoms with Crippen LogP contribution in [0.4, 0.5) is 0 Å². The zero-order valence-electron chi connectivity index (χ0n) is 17.2. The second-order valence-corrected chi connectivity index (χ2v) is 5.33. The Morgan fingerprint density at radius 3 is 1.78 bits per heavy atom. The molecular formula is C24H20O3V5. The number of benzene rings is 3. The molecule has 0 heterocycles. The van der Waals surface area contributed by atoms with Crippen molar-refractivity contribution in [3.8, 4) is 22.6 Å². The Kier molecular flexibility index (Phi) is 26.7. The van der Waals surface area contributed by atoms with Gasteiger partial charge in [0.05, 0.1) is 5.56 Å². The van der Waals surface area contributed by atoms with Gasteiger partial charge in [-0.2, -0.15) is 30.3 Å². The van der Waals surface area contributed by atoms with Gasteiger partial charge in [0.2, 0.25) is 0 Å². The van der Waals surface area contributed by atoms with Crippen LogP contribution in [0.5, 0.6) is 11.5 Å². The Labute approximate surface area is 250 Å². The molecule has 0 aromatic heterocycles. The summed E-state index contributed by atoms with van der Waals surface area (Å²) in [6.07, 6.45) is 1.67. The van der Waals surface area contributed by atoms with Gasteiger partial charge in [-0.25, -0.2) is 4.79 Å². The summed E-state index contributed by atoms with van der Waals surface area (Å²) in [5, 5.41) is 0. The molecule has 0 aliphatic carbocycles. The molecule has 0 bridgehead atoms. The van der Waals surface area contributed by atoms with Gasteiger partial charge >= 0.3 is 24.5 Å². The number of esters is 1. The van der Waals surface area contributed by atoms with E-state index in [0.29, 0.717) is 23.7 Å². The summed E-state index contributed by atoms with van der Waals surface area (Å²) in [7, 11) is 0. The largest absolute Gasteiger partial charge is 2.00 e. The molecule has 0 unspecified atom stereocenters. The standard InChI is InChI=1S/C22H17O3.C2H3.5V/c1-2-16-24-20-12-10-19(11-13-20)22(23)25-21-14-8-18(9-15-21)17-6-4-3-5-7-17;1-2;;;;;/h2,4-15H,1,16H2;1H,2H2;;;;;/q2*-1;;;;;+2. The SMILES string of the molecule is C=CCOc1ccc(C(=O)Oc2ccc(-c3cc[c-]cc3)cc2)cc1.[CH-]=C.[V+2].[V].[V].[V].[V]. The maximum Gasteiger partial charge on any atom is 2.00 e. The topological polar surface area (TPSA) is 35.5 Å². The van der Waals surface area contributed by atoms with Crippen molar-refractivity contribution in [3.05, 3.63) is 110 Å². The van der Waals surface area contributed by atoms with Crippen LogP contribution >= 0.6 is 0 Å². The molecule has 0 amide bonds. The van der Waals surface area contributed by atoms with Gasteiger partial charge in [0.15, 0.2) is 0 Å². The molecule has 8 heteroatoms. The number of hydrogen-bond acceptors (Lipinski definition) is 3. The first kappa shape index (κ1) is 38.6. The van der Waals surface area contributed by atoms with Crippen LogP contribution in [-0.4, -0.2) is 12.6 Å². The molecule has 0 spiro atoms. The van der Waals surface area contributed by atoms with Crippen molar-refractivity contribution in [1.29, 1.82) is 0 Å². The third-order valence-electron chi connectivity index (χ3n) is 3.57. The first-order chi connectivity index (χ1) is 13.3. The molecule has 3 rings (SSSR count). The number of carbonyl (C=O) groups is 1. The average Bonchev–Trinajstić information content (AvgIpc) is 2.75. The predicted octanol–water partition coefficient (Wildman–Crippen LogP) is 5.53. The molecule has 3 nitrogen and oxygen atoms in total. The minimum atomic E-state index is -0.405. The van der Waals surface area contributed by atoms with Gasteiger partial charge in [-0.1, -0.05) is 24.8 Å². The summed E-state index contributed by atoms with van der Waals surface area (Å²) in [4.78, 5) is 12.2. The van der Waals surface area contributed by atoms with E-state index in [1.54, 1.807) is 42.5 Å². The Morgan fingerprint density at radius 1 is 0.812 bits per heavy atom. The van der Waals surface area contributed by atoms with Crippen molar-refractivity contribution in [1.82, 2.24) is 0 Å². The van der Waals surface area contributed by atoms with Crippen LogP contribution in [0.25, 0.3) is 11.1 Å². The molecule has 0 saturated carbocycles. The van der Waals surface area contributed by atoms with E-state index in [9.17, 15) is 4.79 Å². The van der Waals surface area contributed by atoms with Gasteiger partial charge in [0.1, 0.15) is 18.1 Å². The third-order valence-corrected chi connectivity index (χ3v) is 3.57. The number of carbonyl (C=O) groups excluding carboxylic acids is 1. The van der Waals surface area contributed by atoms with E-state index in [2.05, 4.69) is 25.8 Å². The molecule has 32 heavy (non-hydrogen) atoms. The van der Waals surface area contributed by atoms with Crippen LogP contribution in [0.15, 0.2) is 92.0 Å². The maximum absolute atomic E-state index is 12.2. The van der Waals surface area contributed by atoms with Crippen molar-refractivity contribution in [2.24, 2.45) is 0 Å². The summed E-state index contributed by atoms with van der Waals surface area (Å²) in [5.41, 5.74) is 2.61. The van der Waals surface area contributed by atoms with Crippen LogP contribution < -0.4 is 9.47 Å². The van der Waals surface area contributed by atoms with Crippen molar-refractivity contribution in [2.45, 2.75) is 0 Å². The Balaban J connectivity index is -0.000000545. The van der Waals surface area contributed by atoms with E-state index in [1.165, 1.54) is 0 Å². The average molecular weight is 611 g/mol. The normalized spacial score (nSPS) is 8.00. The van der Waals surface area contributed by atoms with Gasteiger partial charge in [-0.05, 0) is 42.0 Å². The second-order valence-electron chi connectivity index (χ2n) is 5.33. The summed E-state index contributed by atoms with van der Waals surface area (Å²) in [6.45, 7) is 11.0. The van der Waals surface area contributed by atoms with E-state index in [0.717, 1.165) is 11.1 Å². The van der Waals surface area contributed by atoms with E-state index in [4.69, 9.17) is 9.47 Å². The van der Waals surface area contributed by atoms with E-state index >= 15 is 0 Å². The van der Waals surface area contributed by atoms with Crippen molar-refractivity contribution >= 4 is 5.97 Å². The van der Waals surface area contributed by atoms with Crippen molar-refractivity contribution in [3.63, 3.8) is 0 Å². The van der Waals surface area contributed by atoms with Crippen molar-refractivity contribution in [2.75, 3.05) is 6.61 Å². The molecule has 159 valence electrons. The smallest absolute Gasteiger partial charge is 0.521 e. The van der Waals surface area contributed by atoms with Gasteiger partial charge in [-0.3, -0.25) is 6.58 Å². The molecule has 5 radical (unpaired) electrons. The zero-order valence-corrected chi connectivity index (χ0v) is 24.1. The van der Waals surface area contributed by atoms with E-state index in [-0.39, 0.29) is 92.8 Å². The first-order valence-corrected chi connectivity index (χ1v) is 8.29. The second kappa shape index (κ2) is 22.1. The van der Waals surface area contributed by atoms with Crippen LogP contribution in [-0.2, 0) is 92.8 Å². The fourth-order valence-electron chi connectivity index (χ4n) is 2.30. The quantitative estimate of drug-likeness (QED) is 0.159. The van der Waals surface area contributed by atoms with Crippen LogP contribution in [0.1, 0.15) is 10.4 Å². The van der Waals surface area contributed by atoms with Gasteiger partial charge in [0.25, 0.3) is 0 Å². The Morgan fingerprint density at radius 2 is 1.28 bits per heavy atom. The molecule has 3 aromatic carbocycles. The minimum absolute atomic E-state index is 0. The van der Waals surface area contributed by atoms with Crippen LogP contribution in [0.3, 0.4) is 0 Å². The number of hydrogen-bond donors (Lipinski definition) is 0. The van der Waals surface area contributed by atoms with Crippen LogP contribution in [0.2, 0.25) is 0 Å². The molecule has 0 fully saturated rings. The fraction of sp³-hybridized carbons (Fsp3) is 0.0417. The van der Waals surface area contributed by atoms with Gasteiger partial charge < -0.3 is 16.1 Å². The van der Waals surface area contributed by atoms with Crippen LogP contribution in [0, 0.1) is 12.6 Å². The van der Waals surface area contributed by atoms with Crippen molar-refractivity contribution < 1.29 is 107 Å². The first-order valence-electron chi connectivity index (χ1n) is 8.29. The Hall–Kier alpha value is -0.668. The van der Waals surface area contributed by atoms with E-state index < -0.39 is 5.97 Å². The third kappa shape index (κ3) is 12.5. The summed E-state index contributed by atoms with van der Waals surface area (Å²) in [6, 6.07) is 24.9. The minimum Gasteiger partial charge on any atom is -0.521 e. The Bertz CT molecular complexity index is 870. The zero-order chi connectivity index (χ0) is 19.5. The molecule has 0 N–H and O–H groups in total. The van der Waals surface area contributed by atoms with Gasteiger partial charge in [-0.15, -0.1) is 5.56 Å². The molecular weight excluding hydrogens is 591 g/mol. The molecule has 0 aliphatic rings. The maximum atomic E-state index is 12.2. The number of ether oxygens (including phenoxy) is 2. The molecule has 0 aliphatic heterocycles. The monoisotopic (exact) mass is 611 g/mol. The van der Waals surface area contributed by atoms with E-state index in [1.807, 2.05) is 36.4 Å². The molecule has 3 aromatic rings. The van der Waals surface area contributed by atoms with Gasteiger partial charge in [0, 0.05) is 74.2 Å². The number of rotatable bonds is 6. The molecule has 0 atom stereocenters. The summed E-state index contributed by atoms with van der Waals surface area (Å²) >= 11 is 0. The fourth-order valence-corrected chi connectivity index (χ4v) is 2.30. The molecule has 0 saturated heterocycles. The summed E-state index contributed by atoms with van der Waals surface area (Å²) < 4.78 is 10.8. The predicted molar refractivity (Wildman–Crippen MR) is 108 cm³/mol.